The second-order valence-corrected chi connectivity index (χ2v) is 3.77. The molecule has 0 atom stereocenters. The van der Waals surface area contributed by atoms with E-state index in [-0.39, 0.29) is 0 Å². The Bertz CT molecular complexity index is 113. The monoisotopic (exact) mass is 202 g/mol. The summed E-state index contributed by atoms with van der Waals surface area (Å²) in [6.45, 7) is 10.3. The molecule has 0 bridgehead atoms. The van der Waals surface area contributed by atoms with E-state index in [9.17, 15) is 0 Å². The molecule has 1 aliphatic carbocycles. The number of rotatable bonds is 1. The summed E-state index contributed by atoms with van der Waals surface area (Å²) in [6.07, 6.45) is 7.73. The molecule has 1 fully saturated rings. The van der Waals surface area contributed by atoms with E-state index in [1.165, 1.54) is 39.5 Å². The summed E-state index contributed by atoms with van der Waals surface area (Å²) in [6, 6.07) is 0. The number of hydrogen-bond donors (Lipinski definition) is 2. The summed E-state index contributed by atoms with van der Waals surface area (Å²) in [5, 5.41) is 16.2. The standard InChI is InChI=1S/C7H12.C3H8O2.C2H6/c1-2-7-5-3-4-6-7;1-3(2,4)5;1-2/h2,7H,1,3-6H2;4-5H,1-2H3;1-2H3. The number of hydrogen-bond acceptors (Lipinski definition) is 2. The first-order chi connectivity index (χ1) is 6.43. The zero-order valence-corrected chi connectivity index (χ0v) is 10.1. The van der Waals surface area contributed by atoms with E-state index in [0.29, 0.717) is 0 Å². The topological polar surface area (TPSA) is 40.5 Å². The summed E-state index contributed by atoms with van der Waals surface area (Å²) in [4.78, 5) is 0. The molecular formula is C12H26O2. The molecule has 0 aromatic carbocycles. The van der Waals surface area contributed by atoms with Crippen molar-refractivity contribution in [3.05, 3.63) is 12.7 Å². The largest absolute Gasteiger partial charge is 0.366 e. The van der Waals surface area contributed by atoms with E-state index in [0.717, 1.165) is 5.92 Å². The molecule has 0 aromatic rings. The first-order valence-electron chi connectivity index (χ1n) is 5.51. The fraction of sp³-hybridized carbons (Fsp3) is 0.833. The van der Waals surface area contributed by atoms with Crippen molar-refractivity contribution >= 4 is 0 Å². The molecule has 2 nitrogen and oxygen atoms in total. The van der Waals surface area contributed by atoms with Gasteiger partial charge in [-0.1, -0.05) is 32.8 Å². The van der Waals surface area contributed by atoms with Gasteiger partial charge in [0.1, 0.15) is 0 Å². The Balaban J connectivity index is 0. The lowest BCUT2D eigenvalue weighted by Gasteiger charge is -2.03. The average Bonchev–Trinajstić information content (AvgIpc) is 2.56. The lowest BCUT2D eigenvalue weighted by molar-refractivity contribution is -0.127. The van der Waals surface area contributed by atoms with E-state index in [1.807, 2.05) is 13.8 Å². The van der Waals surface area contributed by atoms with Crippen LogP contribution in [0.1, 0.15) is 53.4 Å². The van der Waals surface area contributed by atoms with Crippen LogP contribution < -0.4 is 0 Å². The van der Waals surface area contributed by atoms with E-state index in [1.54, 1.807) is 0 Å². The molecule has 0 saturated heterocycles. The van der Waals surface area contributed by atoms with Gasteiger partial charge in [-0.05, 0) is 32.6 Å². The van der Waals surface area contributed by atoms with Crippen molar-refractivity contribution in [3.63, 3.8) is 0 Å². The zero-order chi connectivity index (χ0) is 11.6. The fourth-order valence-electron chi connectivity index (χ4n) is 1.19. The quantitative estimate of drug-likeness (QED) is 0.506. The third-order valence-electron chi connectivity index (χ3n) is 1.73. The molecule has 14 heavy (non-hydrogen) atoms. The van der Waals surface area contributed by atoms with Crippen LogP contribution in [0.5, 0.6) is 0 Å². The van der Waals surface area contributed by atoms with Crippen molar-refractivity contribution in [2.24, 2.45) is 5.92 Å². The zero-order valence-electron chi connectivity index (χ0n) is 10.1. The van der Waals surface area contributed by atoms with Crippen LogP contribution >= 0.6 is 0 Å². The summed E-state index contributed by atoms with van der Waals surface area (Å²) < 4.78 is 0. The normalized spacial score (nSPS) is 16.1. The van der Waals surface area contributed by atoms with Crippen molar-refractivity contribution in [1.29, 1.82) is 0 Å². The van der Waals surface area contributed by atoms with Gasteiger partial charge in [-0.2, -0.15) is 0 Å². The molecule has 2 N–H and O–H groups in total. The van der Waals surface area contributed by atoms with Crippen LogP contribution in [0.4, 0.5) is 0 Å². The third-order valence-corrected chi connectivity index (χ3v) is 1.73. The second-order valence-electron chi connectivity index (χ2n) is 3.77. The maximum Gasteiger partial charge on any atom is 0.156 e. The smallest absolute Gasteiger partial charge is 0.156 e. The van der Waals surface area contributed by atoms with Gasteiger partial charge in [0, 0.05) is 0 Å². The van der Waals surface area contributed by atoms with Gasteiger partial charge in [0.05, 0.1) is 0 Å². The van der Waals surface area contributed by atoms with Gasteiger partial charge in [0.25, 0.3) is 0 Å². The Morgan fingerprint density at radius 1 is 1.14 bits per heavy atom. The van der Waals surface area contributed by atoms with Crippen LogP contribution in [0, 0.1) is 5.92 Å². The highest BCUT2D eigenvalue weighted by Crippen LogP contribution is 2.24. The fourth-order valence-corrected chi connectivity index (χ4v) is 1.19. The first kappa shape index (κ1) is 16.1. The van der Waals surface area contributed by atoms with Gasteiger partial charge in [-0.25, -0.2) is 0 Å². The molecule has 0 aliphatic heterocycles. The third kappa shape index (κ3) is 17.7. The van der Waals surface area contributed by atoms with Gasteiger partial charge in [0.15, 0.2) is 5.79 Å². The molecule has 0 unspecified atom stereocenters. The van der Waals surface area contributed by atoms with Gasteiger partial charge in [0.2, 0.25) is 0 Å². The molecule has 0 heterocycles. The maximum atomic E-state index is 8.08. The molecule has 2 heteroatoms. The molecule has 0 radical (unpaired) electrons. The summed E-state index contributed by atoms with van der Waals surface area (Å²) in [5.41, 5.74) is 0. The molecule has 1 aliphatic rings. The van der Waals surface area contributed by atoms with E-state index in [2.05, 4.69) is 12.7 Å². The molecule has 1 saturated carbocycles. The number of aliphatic hydroxyl groups is 2. The maximum absolute atomic E-state index is 8.08. The molecule has 1 rings (SSSR count). The van der Waals surface area contributed by atoms with Crippen LogP contribution in [-0.2, 0) is 0 Å². The van der Waals surface area contributed by atoms with Crippen molar-refractivity contribution in [3.8, 4) is 0 Å². The summed E-state index contributed by atoms with van der Waals surface area (Å²) in [7, 11) is 0. The van der Waals surface area contributed by atoms with Crippen LogP contribution in [0.3, 0.4) is 0 Å². The van der Waals surface area contributed by atoms with Crippen LogP contribution in [0.15, 0.2) is 12.7 Å². The van der Waals surface area contributed by atoms with Crippen LogP contribution in [-0.4, -0.2) is 16.0 Å². The van der Waals surface area contributed by atoms with Crippen molar-refractivity contribution in [2.75, 3.05) is 0 Å². The Morgan fingerprint density at radius 3 is 1.57 bits per heavy atom. The highest BCUT2D eigenvalue weighted by molar-refractivity contribution is 4.82. The first-order valence-corrected chi connectivity index (χ1v) is 5.51. The predicted molar refractivity (Wildman–Crippen MR) is 62.0 cm³/mol. The summed E-state index contributed by atoms with van der Waals surface area (Å²) in [5.74, 6) is -0.639. The van der Waals surface area contributed by atoms with Crippen LogP contribution in [0.25, 0.3) is 0 Å². The molecule has 0 spiro atoms. The molecule has 0 aromatic heterocycles. The number of allylic oxidation sites excluding steroid dienone is 1. The van der Waals surface area contributed by atoms with E-state index >= 15 is 0 Å². The van der Waals surface area contributed by atoms with Gasteiger partial charge in [-0.3, -0.25) is 0 Å². The highest BCUT2D eigenvalue weighted by atomic mass is 16.5. The van der Waals surface area contributed by atoms with Crippen molar-refractivity contribution in [1.82, 2.24) is 0 Å². The molecule has 86 valence electrons. The minimum Gasteiger partial charge on any atom is -0.366 e. The SMILES string of the molecule is C=CC1CCCC1.CC.CC(C)(O)O. The van der Waals surface area contributed by atoms with Gasteiger partial charge < -0.3 is 10.2 Å². The Hall–Kier alpha value is -0.340. The lowest BCUT2D eigenvalue weighted by Crippen LogP contribution is -2.15. The van der Waals surface area contributed by atoms with Crippen molar-refractivity contribution in [2.45, 2.75) is 59.2 Å². The van der Waals surface area contributed by atoms with Gasteiger partial charge in [-0.15, -0.1) is 6.58 Å². The molecular weight excluding hydrogens is 176 g/mol. The lowest BCUT2D eigenvalue weighted by atomic mass is 10.1. The Morgan fingerprint density at radius 2 is 1.43 bits per heavy atom. The van der Waals surface area contributed by atoms with Gasteiger partial charge >= 0.3 is 0 Å². The Labute approximate surface area is 88.7 Å². The van der Waals surface area contributed by atoms with E-state index < -0.39 is 5.79 Å². The minimum absolute atomic E-state index is 0.861. The predicted octanol–water partition coefficient (Wildman–Crippen LogP) is 3.10. The van der Waals surface area contributed by atoms with Crippen molar-refractivity contribution < 1.29 is 10.2 Å². The molecule has 0 amide bonds. The average molecular weight is 202 g/mol. The summed E-state index contributed by atoms with van der Waals surface area (Å²) >= 11 is 0. The highest BCUT2D eigenvalue weighted by Gasteiger charge is 2.09. The van der Waals surface area contributed by atoms with E-state index in [4.69, 9.17) is 10.2 Å². The van der Waals surface area contributed by atoms with Crippen LogP contribution in [0.2, 0.25) is 0 Å². The minimum atomic E-state index is -1.50. The second kappa shape index (κ2) is 9.22. The Kier molecular flexibility index (Phi) is 10.6.